The molecule has 0 radical (unpaired) electrons. The maximum atomic E-state index is 11.4. The lowest BCUT2D eigenvalue weighted by molar-refractivity contribution is -0.387. The summed E-state index contributed by atoms with van der Waals surface area (Å²) in [5, 5.41) is 11.7. The van der Waals surface area contributed by atoms with E-state index < -0.39 is 4.92 Å². The molecule has 1 heterocycles. The lowest BCUT2D eigenvalue weighted by Crippen LogP contribution is -1.93. The molecular weight excluding hydrogens is 388 g/mol. The summed E-state index contributed by atoms with van der Waals surface area (Å²) in [7, 11) is 0. The molecule has 0 unspecified atom stereocenters. The summed E-state index contributed by atoms with van der Waals surface area (Å²) in [6, 6.07) is 23.5. The molecule has 0 fully saturated rings. The second-order valence-corrected chi connectivity index (χ2v) is 7.09. The van der Waals surface area contributed by atoms with Gasteiger partial charge in [0.05, 0.1) is 9.82 Å². The Hall–Kier alpha value is -3.71. The highest BCUT2D eigenvalue weighted by molar-refractivity contribution is 7.99. The normalized spacial score (nSPS) is 10.6. The highest BCUT2D eigenvalue weighted by Gasteiger charge is 2.21. The first-order chi connectivity index (χ1) is 14.2. The molecule has 0 amide bonds. The topological polar surface area (TPSA) is 86.2 Å². The van der Waals surface area contributed by atoms with E-state index in [-0.39, 0.29) is 16.5 Å². The van der Waals surface area contributed by atoms with Crippen molar-refractivity contribution in [3.05, 3.63) is 94.5 Å². The number of aromatic nitrogens is 1. The molecule has 4 aromatic rings. The van der Waals surface area contributed by atoms with E-state index in [1.807, 2.05) is 60.7 Å². The molecular formula is C22H14N2O4S. The predicted molar refractivity (Wildman–Crippen MR) is 110 cm³/mol. The third-order valence-corrected chi connectivity index (χ3v) is 5.12. The van der Waals surface area contributed by atoms with E-state index in [2.05, 4.69) is 4.98 Å². The third-order valence-electron chi connectivity index (χ3n) is 4.20. The van der Waals surface area contributed by atoms with Gasteiger partial charge in [0, 0.05) is 22.8 Å². The van der Waals surface area contributed by atoms with E-state index in [0.29, 0.717) is 22.6 Å². The molecule has 6 nitrogen and oxygen atoms in total. The van der Waals surface area contributed by atoms with Gasteiger partial charge in [0.2, 0.25) is 0 Å². The van der Waals surface area contributed by atoms with Crippen molar-refractivity contribution in [2.75, 3.05) is 0 Å². The molecule has 3 aromatic carbocycles. The van der Waals surface area contributed by atoms with Crippen LogP contribution in [0.5, 0.6) is 0 Å². The van der Waals surface area contributed by atoms with Crippen LogP contribution >= 0.6 is 11.8 Å². The summed E-state index contributed by atoms with van der Waals surface area (Å²) >= 11 is 1.05. The number of hydrogen-bond donors (Lipinski definition) is 0. The van der Waals surface area contributed by atoms with Crippen molar-refractivity contribution in [2.45, 2.75) is 10.1 Å². The van der Waals surface area contributed by atoms with Gasteiger partial charge < -0.3 is 4.42 Å². The Balaban J connectivity index is 1.79. The molecule has 0 aliphatic heterocycles. The highest BCUT2D eigenvalue weighted by atomic mass is 32.2. The van der Waals surface area contributed by atoms with Gasteiger partial charge in [-0.05, 0) is 17.8 Å². The van der Waals surface area contributed by atoms with E-state index in [1.54, 1.807) is 0 Å². The fraction of sp³-hybridized carbons (Fsp3) is 0. The Kier molecular flexibility index (Phi) is 5.22. The van der Waals surface area contributed by atoms with Gasteiger partial charge in [-0.1, -0.05) is 66.7 Å². The SMILES string of the molecule is O=Cc1ccc(Sc2nc(-c3ccccc3)c(-c3ccccc3)o2)c([N+](=O)[O-])c1. The molecule has 0 N–H and O–H groups in total. The first-order valence-electron chi connectivity index (χ1n) is 8.69. The van der Waals surface area contributed by atoms with E-state index in [0.717, 1.165) is 22.9 Å². The van der Waals surface area contributed by atoms with E-state index >= 15 is 0 Å². The summed E-state index contributed by atoms with van der Waals surface area (Å²) in [5.41, 5.74) is 2.47. The Labute approximate surface area is 170 Å². The number of nitro benzene ring substituents is 1. The zero-order chi connectivity index (χ0) is 20.2. The zero-order valence-corrected chi connectivity index (χ0v) is 15.8. The van der Waals surface area contributed by atoms with Crippen molar-refractivity contribution < 1.29 is 14.1 Å². The van der Waals surface area contributed by atoms with Crippen molar-refractivity contribution in [2.24, 2.45) is 0 Å². The number of aldehydes is 1. The Morgan fingerprint density at radius 3 is 2.21 bits per heavy atom. The maximum Gasteiger partial charge on any atom is 0.284 e. The van der Waals surface area contributed by atoms with Gasteiger partial charge in [-0.25, -0.2) is 4.98 Å². The molecule has 7 heteroatoms. The second kappa shape index (κ2) is 8.12. The molecule has 4 rings (SSSR count). The number of carbonyl (C=O) groups excluding carboxylic acids is 1. The van der Waals surface area contributed by atoms with Gasteiger partial charge in [-0.15, -0.1) is 0 Å². The first kappa shape index (κ1) is 18.6. The first-order valence-corrected chi connectivity index (χ1v) is 9.50. The zero-order valence-electron chi connectivity index (χ0n) is 15.0. The van der Waals surface area contributed by atoms with Crippen molar-refractivity contribution in [1.82, 2.24) is 4.98 Å². The summed E-state index contributed by atoms with van der Waals surface area (Å²) in [6.07, 6.45) is 0.577. The molecule has 0 saturated carbocycles. The lowest BCUT2D eigenvalue weighted by atomic mass is 10.1. The largest absolute Gasteiger partial charge is 0.430 e. The number of oxazole rings is 1. The van der Waals surface area contributed by atoms with Crippen LogP contribution in [-0.2, 0) is 0 Å². The summed E-state index contributed by atoms with van der Waals surface area (Å²) in [5.74, 6) is 0.589. The molecule has 29 heavy (non-hydrogen) atoms. The molecule has 0 bridgehead atoms. The Morgan fingerprint density at radius 1 is 0.931 bits per heavy atom. The fourth-order valence-corrected chi connectivity index (χ4v) is 3.68. The monoisotopic (exact) mass is 402 g/mol. The van der Waals surface area contributed by atoms with Crippen LogP contribution in [0.1, 0.15) is 10.4 Å². The average Bonchev–Trinajstić information content (AvgIpc) is 3.19. The van der Waals surface area contributed by atoms with Gasteiger partial charge >= 0.3 is 0 Å². The van der Waals surface area contributed by atoms with Crippen LogP contribution in [-0.4, -0.2) is 16.2 Å². The predicted octanol–water partition coefficient (Wildman–Crippen LogP) is 5.88. The lowest BCUT2D eigenvalue weighted by Gasteiger charge is -2.01. The smallest absolute Gasteiger partial charge is 0.284 e. The van der Waals surface area contributed by atoms with E-state index in [4.69, 9.17) is 4.42 Å². The van der Waals surface area contributed by atoms with Gasteiger partial charge in [-0.3, -0.25) is 14.9 Å². The van der Waals surface area contributed by atoms with Crippen LogP contribution in [0.25, 0.3) is 22.6 Å². The minimum atomic E-state index is -0.519. The molecule has 0 saturated heterocycles. The van der Waals surface area contributed by atoms with E-state index in [9.17, 15) is 14.9 Å². The van der Waals surface area contributed by atoms with Crippen LogP contribution < -0.4 is 0 Å². The molecule has 0 atom stereocenters. The van der Waals surface area contributed by atoms with E-state index in [1.165, 1.54) is 18.2 Å². The average molecular weight is 402 g/mol. The standard InChI is InChI=1S/C22H14N2O4S/c25-14-15-11-12-19(18(13-15)24(26)27)29-22-23-20(16-7-3-1-4-8-16)21(28-22)17-9-5-2-6-10-17/h1-14H. The van der Waals surface area contributed by atoms with Crippen molar-refractivity contribution >= 4 is 23.7 Å². The van der Waals surface area contributed by atoms with Crippen LogP contribution in [0, 0.1) is 10.1 Å². The van der Waals surface area contributed by atoms with Gasteiger partial charge in [-0.2, -0.15) is 0 Å². The minimum Gasteiger partial charge on any atom is -0.430 e. The molecule has 0 spiro atoms. The van der Waals surface area contributed by atoms with Crippen molar-refractivity contribution in [1.29, 1.82) is 0 Å². The number of nitrogens with zero attached hydrogens (tertiary/aromatic N) is 2. The Morgan fingerprint density at radius 2 is 1.59 bits per heavy atom. The fourth-order valence-electron chi connectivity index (χ4n) is 2.85. The number of benzene rings is 3. The minimum absolute atomic E-state index is 0.166. The number of carbonyl (C=O) groups is 1. The van der Waals surface area contributed by atoms with Crippen LogP contribution in [0.2, 0.25) is 0 Å². The van der Waals surface area contributed by atoms with Gasteiger partial charge in [0.1, 0.15) is 12.0 Å². The number of hydrogen-bond acceptors (Lipinski definition) is 6. The third kappa shape index (κ3) is 3.95. The molecule has 0 aliphatic rings. The quantitative estimate of drug-likeness (QED) is 0.227. The van der Waals surface area contributed by atoms with Gasteiger partial charge in [0.15, 0.2) is 5.76 Å². The molecule has 0 aliphatic carbocycles. The number of nitro groups is 1. The Bertz CT molecular complexity index is 1120. The number of rotatable bonds is 6. The summed E-state index contributed by atoms with van der Waals surface area (Å²) in [4.78, 5) is 26.8. The van der Waals surface area contributed by atoms with Crippen molar-refractivity contribution in [3.8, 4) is 22.6 Å². The van der Waals surface area contributed by atoms with Crippen LogP contribution in [0.4, 0.5) is 5.69 Å². The van der Waals surface area contributed by atoms with Crippen LogP contribution in [0.15, 0.2) is 93.4 Å². The van der Waals surface area contributed by atoms with Gasteiger partial charge in [0.25, 0.3) is 10.9 Å². The summed E-state index contributed by atoms with van der Waals surface area (Å²) < 4.78 is 6.01. The maximum absolute atomic E-state index is 11.4. The second-order valence-electron chi connectivity index (χ2n) is 6.09. The molecule has 142 valence electrons. The molecule has 1 aromatic heterocycles. The van der Waals surface area contributed by atoms with Crippen molar-refractivity contribution in [3.63, 3.8) is 0 Å². The highest BCUT2D eigenvalue weighted by Crippen LogP contribution is 2.40. The summed E-state index contributed by atoms with van der Waals surface area (Å²) in [6.45, 7) is 0. The van der Waals surface area contributed by atoms with Crippen LogP contribution in [0.3, 0.4) is 0 Å².